The summed E-state index contributed by atoms with van der Waals surface area (Å²) in [4.78, 5) is 65.6. The van der Waals surface area contributed by atoms with E-state index in [1.165, 1.54) is 0 Å². The van der Waals surface area contributed by atoms with E-state index in [1.807, 2.05) is 60.7 Å². The van der Waals surface area contributed by atoms with Gasteiger partial charge in [-0.15, -0.1) is 0 Å². The van der Waals surface area contributed by atoms with Crippen LogP contribution in [0, 0.1) is 5.41 Å². The summed E-state index contributed by atoms with van der Waals surface area (Å²) in [5.74, 6) is 0.0974. The highest BCUT2D eigenvalue weighted by molar-refractivity contribution is 6.06. The van der Waals surface area contributed by atoms with Gasteiger partial charge in [0.1, 0.15) is 38.8 Å². The first-order chi connectivity index (χ1) is 19.4. The summed E-state index contributed by atoms with van der Waals surface area (Å²) >= 11 is 0. The van der Waals surface area contributed by atoms with E-state index in [0.717, 1.165) is 25.9 Å². The molecule has 0 aliphatic heterocycles. The van der Waals surface area contributed by atoms with Crippen LogP contribution in [-0.2, 0) is 0 Å². The summed E-state index contributed by atoms with van der Waals surface area (Å²) < 4.78 is 1.04. The van der Waals surface area contributed by atoms with Gasteiger partial charge in [-0.25, -0.2) is 14.4 Å². The lowest BCUT2D eigenvalue weighted by Gasteiger charge is -2.06. The average molecular weight is 521 g/mol. The number of nitrogens with zero attached hydrogens (tertiary/aromatic N) is 3. The van der Waals surface area contributed by atoms with Crippen molar-refractivity contribution >= 4 is 59.8 Å². The van der Waals surface area contributed by atoms with Gasteiger partial charge in [-0.2, -0.15) is 0 Å². The zero-order valence-electron chi connectivity index (χ0n) is 20.5. The molecule has 8 rings (SSSR count). The molecule has 0 saturated carbocycles. The summed E-state index contributed by atoms with van der Waals surface area (Å²) in [6, 6.07) is 24.2. The van der Waals surface area contributed by atoms with Crippen LogP contribution in [0.1, 0.15) is 0 Å². The molecule has 3 heterocycles. The topological polar surface area (TPSA) is 138 Å². The molecule has 0 aliphatic carbocycles. The van der Waals surface area contributed by atoms with Crippen LogP contribution < -0.4 is 27.5 Å². The number of fused-ring (bicyclic) bond motifs is 7. The second-order valence-electron chi connectivity index (χ2n) is 9.75. The molecule has 0 unspecified atom stereocenters. The number of aromatic amines is 1. The first-order valence-electron chi connectivity index (χ1n) is 12.4. The van der Waals surface area contributed by atoms with Gasteiger partial charge in [0, 0.05) is 16.3 Å². The van der Waals surface area contributed by atoms with Crippen LogP contribution in [-0.4, -0.2) is 19.4 Å². The van der Waals surface area contributed by atoms with Crippen molar-refractivity contribution in [1.29, 1.82) is 5.41 Å². The van der Waals surface area contributed by atoms with E-state index in [4.69, 9.17) is 5.41 Å². The molecule has 0 saturated heterocycles. The van der Waals surface area contributed by atoms with Crippen molar-refractivity contribution in [3.8, 4) is 11.4 Å². The lowest BCUT2D eigenvalue weighted by molar-refractivity contribution is 0.997. The Bertz CT molecular complexity index is 2720. The van der Waals surface area contributed by atoms with Crippen molar-refractivity contribution in [2.45, 2.75) is 0 Å². The number of rotatable bonds is 1. The third-order valence-electron chi connectivity index (χ3n) is 7.52. The van der Waals surface area contributed by atoms with Crippen LogP contribution in [0.25, 0.3) is 71.2 Å². The molecule has 2 N–H and O–H groups in total. The van der Waals surface area contributed by atoms with Gasteiger partial charge in [0.25, 0.3) is 11.1 Å². The Morgan fingerprint density at radius 2 is 1.25 bits per heavy atom. The van der Waals surface area contributed by atoms with Crippen molar-refractivity contribution in [2.24, 2.45) is 0 Å². The van der Waals surface area contributed by atoms with Crippen LogP contribution in [0.2, 0.25) is 0 Å². The third kappa shape index (κ3) is 2.83. The summed E-state index contributed by atoms with van der Waals surface area (Å²) in [5.41, 5.74) is -3.71. The Morgan fingerprint density at radius 1 is 0.650 bits per heavy atom. The Morgan fingerprint density at radius 3 is 1.98 bits per heavy atom. The van der Waals surface area contributed by atoms with Gasteiger partial charge in [0.15, 0.2) is 0 Å². The predicted molar refractivity (Wildman–Crippen MR) is 154 cm³/mol. The fourth-order valence-electron chi connectivity index (χ4n) is 5.58. The summed E-state index contributed by atoms with van der Waals surface area (Å²) in [5, 5.41) is 12.3. The predicted octanol–water partition coefficient (Wildman–Crippen LogP) is 3.29. The highest BCUT2D eigenvalue weighted by Gasteiger charge is 2.23. The zero-order chi connectivity index (χ0) is 27.3. The molecule has 8 aromatic rings. The van der Waals surface area contributed by atoms with E-state index in [-0.39, 0.29) is 17.0 Å². The Labute approximate surface area is 221 Å². The minimum absolute atomic E-state index is 0.0799. The molecule has 0 radical (unpaired) electrons. The number of aromatic nitrogens is 4. The molecule has 40 heavy (non-hydrogen) atoms. The Hall–Kier alpha value is -5.83. The fourth-order valence-corrected chi connectivity index (χ4v) is 5.58. The summed E-state index contributed by atoms with van der Waals surface area (Å²) in [6.07, 6.45) is 0. The third-order valence-corrected chi connectivity index (χ3v) is 7.52. The number of benzene rings is 5. The van der Waals surface area contributed by atoms with Crippen LogP contribution in [0.15, 0.2) is 98.0 Å². The van der Waals surface area contributed by atoms with Gasteiger partial charge in [0.2, 0.25) is 10.9 Å². The Kier molecular flexibility index (Phi) is 4.22. The second kappa shape index (κ2) is 7.61. The van der Waals surface area contributed by atoms with E-state index in [1.54, 1.807) is 18.2 Å². The molecule has 0 atom stereocenters. The Balaban J connectivity index is 1.50. The maximum Gasteiger partial charge on any atom is 0.271 e. The number of hydrogen-bond acceptors (Lipinski definition) is 7. The van der Waals surface area contributed by atoms with Crippen molar-refractivity contribution in [2.75, 3.05) is 0 Å². The van der Waals surface area contributed by atoms with E-state index in [9.17, 15) is 19.2 Å². The molecule has 9 nitrogen and oxygen atoms in total. The molecule has 3 aromatic heterocycles. The van der Waals surface area contributed by atoms with Gasteiger partial charge >= 0.3 is 0 Å². The van der Waals surface area contributed by atoms with Crippen molar-refractivity contribution in [3.63, 3.8) is 0 Å². The molecule has 188 valence electrons. The van der Waals surface area contributed by atoms with E-state index < -0.39 is 43.8 Å². The molecule has 0 aliphatic rings. The van der Waals surface area contributed by atoms with Gasteiger partial charge in [-0.3, -0.25) is 24.6 Å². The highest BCUT2D eigenvalue weighted by atomic mass is 16.2. The van der Waals surface area contributed by atoms with Gasteiger partial charge < -0.3 is 4.98 Å². The van der Waals surface area contributed by atoms with E-state index >= 15 is 0 Å². The summed E-state index contributed by atoms with van der Waals surface area (Å²) in [7, 11) is 0. The van der Waals surface area contributed by atoms with Crippen LogP contribution in [0.3, 0.4) is 0 Å². The maximum atomic E-state index is 13.7. The smallest absolute Gasteiger partial charge is 0.271 e. The molecule has 0 fully saturated rings. The van der Waals surface area contributed by atoms with Crippen LogP contribution >= 0.6 is 0 Å². The maximum absolute atomic E-state index is 13.7. The fraction of sp³-hybridized carbons (Fsp3) is 0. The van der Waals surface area contributed by atoms with Crippen molar-refractivity contribution < 1.29 is 0 Å². The van der Waals surface area contributed by atoms with Crippen molar-refractivity contribution in [3.05, 3.63) is 126 Å². The normalized spacial score (nSPS) is 12.0. The first kappa shape index (κ1) is 22.2. The van der Waals surface area contributed by atoms with E-state index in [2.05, 4.69) is 15.0 Å². The molecular formula is C31H15N5O4. The highest BCUT2D eigenvalue weighted by Crippen LogP contribution is 2.25. The molecule has 9 heteroatoms. The lowest BCUT2D eigenvalue weighted by Crippen LogP contribution is -2.32. The number of H-pyrrole nitrogens is 1. The molecule has 0 amide bonds. The lowest BCUT2D eigenvalue weighted by atomic mass is 10.1. The van der Waals surface area contributed by atoms with E-state index in [0.29, 0.717) is 16.3 Å². The SMILES string of the molecule is N=c1c2cc3ccccc3cc2c2nc3c(=O)c4c(=O)[nH]c(-c5ccc6ccccc6c5)nc4c(=O)c3c(=O)n12. The molecule has 0 bridgehead atoms. The zero-order valence-corrected chi connectivity index (χ0v) is 20.5. The molecule has 5 aromatic carbocycles. The van der Waals surface area contributed by atoms with Gasteiger partial charge in [-0.1, -0.05) is 60.7 Å². The number of nitrogens with one attached hydrogen (secondary N) is 2. The number of hydrogen-bond donors (Lipinski definition) is 2. The molecular weight excluding hydrogens is 506 g/mol. The quantitative estimate of drug-likeness (QED) is 0.318. The van der Waals surface area contributed by atoms with Gasteiger partial charge in [-0.05, 0) is 39.7 Å². The van der Waals surface area contributed by atoms with Crippen LogP contribution in [0.4, 0.5) is 0 Å². The monoisotopic (exact) mass is 521 g/mol. The largest absolute Gasteiger partial charge is 0.306 e. The summed E-state index contributed by atoms with van der Waals surface area (Å²) in [6.45, 7) is 0. The minimum atomic E-state index is -0.876. The average Bonchev–Trinajstić information content (AvgIpc) is 3.24. The van der Waals surface area contributed by atoms with Crippen molar-refractivity contribution in [1.82, 2.24) is 19.4 Å². The van der Waals surface area contributed by atoms with Gasteiger partial charge in [0.05, 0.1) is 0 Å². The second-order valence-corrected chi connectivity index (χ2v) is 9.75. The standard InChI is InChI=1S/C31H15N5O4/c32-27-19-12-16-7-3-4-8-17(16)13-20(19)29-34-24-22(31(40)36(27)29)26(38)23-21(25(24)37)30(39)35-28(33-23)18-10-9-14-5-1-2-6-15(14)11-18/h1-13,32H,(H,33,35,39). The van der Waals surface area contributed by atoms with Crippen LogP contribution in [0.5, 0.6) is 0 Å². The first-order valence-corrected chi connectivity index (χ1v) is 12.4. The molecule has 0 spiro atoms. The minimum Gasteiger partial charge on any atom is -0.306 e.